The Balaban J connectivity index is 1.80. The average Bonchev–Trinajstić information content (AvgIpc) is 2.56. The minimum Gasteiger partial charge on any atom is -0.493 e. The zero-order valence-corrected chi connectivity index (χ0v) is 13.1. The van der Waals surface area contributed by atoms with Gasteiger partial charge < -0.3 is 9.47 Å². The van der Waals surface area contributed by atoms with Gasteiger partial charge in [0.15, 0.2) is 11.5 Å². The van der Waals surface area contributed by atoms with Crippen LogP contribution in [0.2, 0.25) is 0 Å². The molecule has 0 aliphatic heterocycles. The Hall–Kier alpha value is -2.02. The molecule has 0 bridgehead atoms. The second kappa shape index (κ2) is 8.43. The van der Waals surface area contributed by atoms with Crippen molar-refractivity contribution < 1.29 is 14.3 Å². The molecule has 1 fully saturated rings. The number of carbonyl (C=O) groups is 1. The summed E-state index contributed by atoms with van der Waals surface area (Å²) >= 11 is 0. The van der Waals surface area contributed by atoms with E-state index in [0.717, 1.165) is 18.8 Å². The van der Waals surface area contributed by atoms with Crippen LogP contribution in [0, 0.1) is 17.2 Å². The minimum atomic E-state index is -0.237. The van der Waals surface area contributed by atoms with E-state index in [4.69, 9.17) is 14.7 Å². The summed E-state index contributed by atoms with van der Waals surface area (Å²) in [6.45, 7) is 0. The predicted octanol–water partition coefficient (Wildman–Crippen LogP) is 4.22. The highest BCUT2D eigenvalue weighted by Gasteiger charge is 2.15. The summed E-state index contributed by atoms with van der Waals surface area (Å²) in [6, 6.07) is 6.83. The van der Waals surface area contributed by atoms with Crippen LogP contribution < -0.4 is 9.47 Å². The molecule has 1 aliphatic carbocycles. The Labute approximate surface area is 132 Å². The molecule has 0 N–H and O–H groups in total. The first kappa shape index (κ1) is 16.4. The molecule has 1 aromatic rings. The fourth-order valence-corrected chi connectivity index (χ4v) is 3.01. The lowest BCUT2D eigenvalue weighted by Gasteiger charge is -2.21. The molecule has 0 radical (unpaired) electrons. The van der Waals surface area contributed by atoms with E-state index < -0.39 is 0 Å². The fourth-order valence-electron chi connectivity index (χ4n) is 3.01. The summed E-state index contributed by atoms with van der Waals surface area (Å²) in [4.78, 5) is 11.9. The molecule has 0 spiro atoms. The Kier molecular flexibility index (Phi) is 6.27. The van der Waals surface area contributed by atoms with Gasteiger partial charge in [-0.25, -0.2) is 0 Å². The number of nitriles is 1. The first-order valence-electron chi connectivity index (χ1n) is 8.01. The molecule has 1 aromatic carbocycles. The van der Waals surface area contributed by atoms with E-state index >= 15 is 0 Å². The lowest BCUT2D eigenvalue weighted by atomic mass is 9.86. The maximum absolute atomic E-state index is 11.9. The molecule has 1 aliphatic rings. The van der Waals surface area contributed by atoms with Crippen LogP contribution in [0.5, 0.6) is 11.5 Å². The number of methoxy groups -OCH3 is 1. The SMILES string of the molecule is COc1cc(C#N)ccc1OC(=O)CCCC1CCCCC1. The molecule has 0 heterocycles. The second-order valence-corrected chi connectivity index (χ2v) is 5.85. The number of ether oxygens (including phenoxy) is 2. The molecule has 4 heteroatoms. The highest BCUT2D eigenvalue weighted by molar-refractivity contribution is 5.73. The minimum absolute atomic E-state index is 0.237. The van der Waals surface area contributed by atoms with Crippen molar-refractivity contribution in [3.8, 4) is 17.6 Å². The van der Waals surface area contributed by atoms with Crippen molar-refractivity contribution >= 4 is 5.97 Å². The number of nitrogens with zero attached hydrogens (tertiary/aromatic N) is 1. The van der Waals surface area contributed by atoms with Crippen LogP contribution in [0.4, 0.5) is 0 Å². The van der Waals surface area contributed by atoms with Crippen LogP contribution in [0.1, 0.15) is 56.9 Å². The molecule has 0 saturated heterocycles. The van der Waals surface area contributed by atoms with Gasteiger partial charge in [0.2, 0.25) is 0 Å². The smallest absolute Gasteiger partial charge is 0.311 e. The molecule has 2 rings (SSSR count). The Morgan fingerprint density at radius 2 is 2.05 bits per heavy atom. The summed E-state index contributed by atoms with van der Waals surface area (Å²) < 4.78 is 10.5. The first-order valence-corrected chi connectivity index (χ1v) is 8.01. The molecule has 0 unspecified atom stereocenters. The maximum Gasteiger partial charge on any atom is 0.311 e. The molecular formula is C18H23NO3. The number of carbonyl (C=O) groups excluding carboxylic acids is 1. The zero-order chi connectivity index (χ0) is 15.8. The van der Waals surface area contributed by atoms with Crippen molar-refractivity contribution in [3.05, 3.63) is 23.8 Å². The van der Waals surface area contributed by atoms with E-state index in [1.165, 1.54) is 39.2 Å². The predicted molar refractivity (Wildman–Crippen MR) is 83.8 cm³/mol. The Morgan fingerprint density at radius 1 is 1.27 bits per heavy atom. The van der Waals surface area contributed by atoms with E-state index in [9.17, 15) is 4.79 Å². The molecule has 1 saturated carbocycles. The van der Waals surface area contributed by atoms with Crippen LogP contribution in [0.15, 0.2) is 18.2 Å². The second-order valence-electron chi connectivity index (χ2n) is 5.85. The summed E-state index contributed by atoms with van der Waals surface area (Å²) in [5.74, 6) is 1.34. The largest absolute Gasteiger partial charge is 0.493 e. The van der Waals surface area contributed by atoms with E-state index in [2.05, 4.69) is 0 Å². The van der Waals surface area contributed by atoms with Gasteiger partial charge in [-0.3, -0.25) is 4.79 Å². The van der Waals surface area contributed by atoms with Gasteiger partial charge in [0, 0.05) is 12.5 Å². The lowest BCUT2D eigenvalue weighted by Crippen LogP contribution is -2.11. The van der Waals surface area contributed by atoms with Gasteiger partial charge in [-0.05, 0) is 30.9 Å². The van der Waals surface area contributed by atoms with Gasteiger partial charge >= 0.3 is 5.97 Å². The molecule has 0 aromatic heterocycles. The Bertz CT molecular complexity index is 542. The topological polar surface area (TPSA) is 59.3 Å². The Morgan fingerprint density at radius 3 is 2.73 bits per heavy atom. The highest BCUT2D eigenvalue weighted by Crippen LogP contribution is 2.29. The third kappa shape index (κ3) is 4.77. The summed E-state index contributed by atoms with van der Waals surface area (Å²) in [6.07, 6.45) is 9.05. The quantitative estimate of drug-likeness (QED) is 0.583. The first-order chi connectivity index (χ1) is 10.7. The van der Waals surface area contributed by atoms with Crippen molar-refractivity contribution in [2.45, 2.75) is 51.4 Å². The monoisotopic (exact) mass is 301 g/mol. The van der Waals surface area contributed by atoms with Crippen molar-refractivity contribution in [3.63, 3.8) is 0 Å². The van der Waals surface area contributed by atoms with E-state index in [0.29, 0.717) is 23.5 Å². The third-order valence-corrected chi connectivity index (χ3v) is 4.23. The van der Waals surface area contributed by atoms with Gasteiger partial charge in [-0.2, -0.15) is 5.26 Å². The number of rotatable bonds is 6. The highest BCUT2D eigenvalue weighted by atomic mass is 16.6. The summed E-state index contributed by atoms with van der Waals surface area (Å²) in [7, 11) is 1.50. The van der Waals surface area contributed by atoms with Crippen LogP contribution >= 0.6 is 0 Å². The maximum atomic E-state index is 11.9. The molecule has 4 nitrogen and oxygen atoms in total. The molecular weight excluding hydrogens is 278 g/mol. The molecule has 22 heavy (non-hydrogen) atoms. The zero-order valence-electron chi connectivity index (χ0n) is 13.1. The number of esters is 1. The van der Waals surface area contributed by atoms with Crippen LogP contribution in [-0.4, -0.2) is 13.1 Å². The fraction of sp³-hybridized carbons (Fsp3) is 0.556. The lowest BCUT2D eigenvalue weighted by molar-refractivity contribution is -0.134. The third-order valence-electron chi connectivity index (χ3n) is 4.23. The van der Waals surface area contributed by atoms with Gasteiger partial charge in [0.05, 0.1) is 18.7 Å². The van der Waals surface area contributed by atoms with Crippen molar-refractivity contribution in [1.29, 1.82) is 5.26 Å². The van der Waals surface area contributed by atoms with Crippen molar-refractivity contribution in [1.82, 2.24) is 0 Å². The number of hydrogen-bond donors (Lipinski definition) is 0. The van der Waals surface area contributed by atoms with E-state index in [-0.39, 0.29) is 5.97 Å². The molecule has 0 amide bonds. The summed E-state index contributed by atoms with van der Waals surface area (Å²) in [5.41, 5.74) is 0.481. The normalized spacial score (nSPS) is 15.1. The van der Waals surface area contributed by atoms with E-state index in [1.54, 1.807) is 18.2 Å². The van der Waals surface area contributed by atoms with Gasteiger partial charge in [0.25, 0.3) is 0 Å². The van der Waals surface area contributed by atoms with Gasteiger partial charge in [-0.15, -0.1) is 0 Å². The summed E-state index contributed by atoms with van der Waals surface area (Å²) in [5, 5.41) is 8.86. The number of hydrogen-bond acceptors (Lipinski definition) is 4. The van der Waals surface area contributed by atoms with Gasteiger partial charge in [0.1, 0.15) is 0 Å². The van der Waals surface area contributed by atoms with Crippen LogP contribution in [0.25, 0.3) is 0 Å². The molecule has 0 atom stereocenters. The van der Waals surface area contributed by atoms with Crippen molar-refractivity contribution in [2.75, 3.05) is 7.11 Å². The van der Waals surface area contributed by atoms with Crippen molar-refractivity contribution in [2.24, 2.45) is 5.92 Å². The number of benzene rings is 1. The van der Waals surface area contributed by atoms with E-state index in [1.807, 2.05) is 6.07 Å². The van der Waals surface area contributed by atoms with Gasteiger partial charge in [-0.1, -0.05) is 32.1 Å². The average molecular weight is 301 g/mol. The molecule has 118 valence electrons. The van der Waals surface area contributed by atoms with Crippen LogP contribution in [0.3, 0.4) is 0 Å². The standard InChI is InChI=1S/C18H23NO3/c1-21-17-12-15(13-19)10-11-16(17)22-18(20)9-5-8-14-6-3-2-4-7-14/h10-12,14H,2-9H2,1H3. The van der Waals surface area contributed by atoms with Crippen LogP contribution in [-0.2, 0) is 4.79 Å².